The Kier molecular flexibility index (Phi) is 6.15. The van der Waals surface area contributed by atoms with Gasteiger partial charge in [0.2, 0.25) is 5.91 Å². The Balaban J connectivity index is 2.58. The first kappa shape index (κ1) is 14.5. The van der Waals surface area contributed by atoms with E-state index in [1.165, 1.54) is 11.1 Å². The highest BCUT2D eigenvalue weighted by Crippen LogP contribution is 2.10. The van der Waals surface area contributed by atoms with E-state index in [1.807, 2.05) is 24.0 Å². The smallest absolute Gasteiger partial charge is 0.236 e. The van der Waals surface area contributed by atoms with E-state index in [1.54, 1.807) is 6.08 Å². The summed E-state index contributed by atoms with van der Waals surface area (Å²) in [5, 5.41) is 3.04. The first-order valence-electron chi connectivity index (χ1n) is 6.33. The number of likely N-dealkylation sites (N-methyl/N-ethyl adjacent to an activating group) is 1. The van der Waals surface area contributed by atoms with Gasteiger partial charge in [0.25, 0.3) is 0 Å². The molecule has 18 heavy (non-hydrogen) atoms. The molecule has 0 aliphatic heterocycles. The van der Waals surface area contributed by atoms with Gasteiger partial charge in [-0.25, -0.2) is 0 Å². The zero-order valence-electron chi connectivity index (χ0n) is 11.3. The Hall–Kier alpha value is -1.61. The van der Waals surface area contributed by atoms with Gasteiger partial charge >= 0.3 is 0 Å². The fraction of sp³-hybridized carbons (Fsp3) is 0.400. The third kappa shape index (κ3) is 4.34. The van der Waals surface area contributed by atoms with E-state index in [9.17, 15) is 4.79 Å². The van der Waals surface area contributed by atoms with Crippen molar-refractivity contribution in [1.82, 2.24) is 10.2 Å². The molecule has 0 aliphatic carbocycles. The lowest BCUT2D eigenvalue weighted by Gasteiger charge is -2.22. The highest BCUT2D eigenvalue weighted by molar-refractivity contribution is 5.78. The second kappa shape index (κ2) is 7.67. The lowest BCUT2D eigenvalue weighted by molar-refractivity contribution is -0.130. The topological polar surface area (TPSA) is 32.3 Å². The summed E-state index contributed by atoms with van der Waals surface area (Å²) in [7, 11) is 0. The molecular weight excluding hydrogens is 224 g/mol. The van der Waals surface area contributed by atoms with Gasteiger partial charge in [0.1, 0.15) is 0 Å². The quantitative estimate of drug-likeness (QED) is 0.590. The summed E-state index contributed by atoms with van der Waals surface area (Å²) < 4.78 is 0. The van der Waals surface area contributed by atoms with E-state index in [-0.39, 0.29) is 5.91 Å². The molecule has 0 saturated heterocycles. The van der Waals surface area contributed by atoms with Crippen molar-refractivity contribution in [3.63, 3.8) is 0 Å². The molecule has 1 N–H and O–H groups in total. The molecule has 0 aliphatic rings. The van der Waals surface area contributed by atoms with Crippen molar-refractivity contribution < 1.29 is 4.79 Å². The molecule has 1 aromatic carbocycles. The van der Waals surface area contributed by atoms with Crippen molar-refractivity contribution in [2.45, 2.75) is 20.4 Å². The molecule has 0 bridgehead atoms. The van der Waals surface area contributed by atoms with Crippen LogP contribution in [0.4, 0.5) is 0 Å². The molecule has 0 aromatic heterocycles. The minimum Gasteiger partial charge on any atom is -0.338 e. The number of hydrogen-bond acceptors (Lipinski definition) is 2. The van der Waals surface area contributed by atoms with Crippen LogP contribution in [0.1, 0.15) is 18.1 Å². The van der Waals surface area contributed by atoms with Crippen molar-refractivity contribution in [3.8, 4) is 0 Å². The van der Waals surface area contributed by atoms with E-state index < -0.39 is 0 Å². The molecular formula is C15H22N2O. The molecule has 3 nitrogen and oxygen atoms in total. The van der Waals surface area contributed by atoms with Gasteiger partial charge in [-0.2, -0.15) is 0 Å². The number of nitrogens with zero attached hydrogens (tertiary/aromatic N) is 1. The number of nitrogens with one attached hydrogen (secondary N) is 1. The normalized spacial score (nSPS) is 10.1. The summed E-state index contributed by atoms with van der Waals surface area (Å²) in [4.78, 5) is 13.9. The largest absolute Gasteiger partial charge is 0.338 e. The van der Waals surface area contributed by atoms with E-state index in [0.29, 0.717) is 19.6 Å². The van der Waals surface area contributed by atoms with Crippen LogP contribution in [0.25, 0.3) is 0 Å². The van der Waals surface area contributed by atoms with Crippen molar-refractivity contribution >= 4 is 5.91 Å². The average Bonchev–Trinajstić information content (AvgIpc) is 2.38. The Bertz CT molecular complexity index is 401. The van der Waals surface area contributed by atoms with Gasteiger partial charge < -0.3 is 10.2 Å². The van der Waals surface area contributed by atoms with Gasteiger partial charge in [0, 0.05) is 19.6 Å². The molecule has 1 rings (SSSR count). The van der Waals surface area contributed by atoms with Crippen LogP contribution in [0, 0.1) is 6.92 Å². The Labute approximate surface area is 109 Å². The minimum atomic E-state index is 0.127. The molecule has 1 aromatic rings. The number of benzene rings is 1. The first-order chi connectivity index (χ1) is 8.69. The summed E-state index contributed by atoms with van der Waals surface area (Å²) in [6, 6.07) is 8.17. The maximum Gasteiger partial charge on any atom is 0.236 e. The number of carbonyl (C=O) groups excluding carboxylic acids is 1. The molecule has 0 saturated carbocycles. The van der Waals surface area contributed by atoms with Crippen LogP contribution in [0.2, 0.25) is 0 Å². The zero-order valence-corrected chi connectivity index (χ0v) is 11.3. The monoisotopic (exact) mass is 246 g/mol. The second-order valence-electron chi connectivity index (χ2n) is 4.25. The summed E-state index contributed by atoms with van der Waals surface area (Å²) >= 11 is 0. The number of hydrogen-bond donors (Lipinski definition) is 1. The van der Waals surface area contributed by atoms with Crippen molar-refractivity contribution in [3.05, 3.63) is 48.0 Å². The molecule has 1 amide bonds. The van der Waals surface area contributed by atoms with Crippen LogP contribution in [0.15, 0.2) is 36.9 Å². The maximum absolute atomic E-state index is 12.0. The predicted octanol–water partition coefficient (Wildman–Crippen LogP) is 2.12. The number of amides is 1. The van der Waals surface area contributed by atoms with Crippen molar-refractivity contribution in [2.24, 2.45) is 0 Å². The molecule has 3 heteroatoms. The van der Waals surface area contributed by atoms with E-state index >= 15 is 0 Å². The molecule has 0 radical (unpaired) electrons. The molecule has 0 atom stereocenters. The van der Waals surface area contributed by atoms with Crippen LogP contribution in [-0.4, -0.2) is 30.4 Å². The molecule has 0 spiro atoms. The van der Waals surface area contributed by atoms with Crippen LogP contribution >= 0.6 is 0 Å². The van der Waals surface area contributed by atoms with Crippen LogP contribution in [0.3, 0.4) is 0 Å². The van der Waals surface area contributed by atoms with Gasteiger partial charge in [-0.3, -0.25) is 4.79 Å². The zero-order chi connectivity index (χ0) is 13.4. The van der Waals surface area contributed by atoms with Crippen LogP contribution < -0.4 is 5.32 Å². The Morgan fingerprint density at radius 3 is 2.78 bits per heavy atom. The van der Waals surface area contributed by atoms with Gasteiger partial charge in [-0.1, -0.05) is 30.3 Å². The van der Waals surface area contributed by atoms with Crippen molar-refractivity contribution in [1.29, 1.82) is 0 Å². The highest BCUT2D eigenvalue weighted by Gasteiger charge is 2.12. The molecule has 0 unspecified atom stereocenters. The fourth-order valence-electron chi connectivity index (χ4n) is 1.76. The van der Waals surface area contributed by atoms with Gasteiger partial charge in [0.05, 0.1) is 6.54 Å². The third-order valence-electron chi connectivity index (χ3n) is 2.92. The number of carbonyl (C=O) groups is 1. The SMILES string of the molecule is C=CCNCC(=O)N(CC)Cc1ccccc1C. The predicted molar refractivity (Wildman–Crippen MR) is 75.3 cm³/mol. The van der Waals surface area contributed by atoms with Gasteiger partial charge in [-0.05, 0) is 25.0 Å². The van der Waals surface area contributed by atoms with Crippen LogP contribution in [-0.2, 0) is 11.3 Å². The minimum absolute atomic E-state index is 0.127. The maximum atomic E-state index is 12.0. The molecule has 98 valence electrons. The number of aryl methyl sites for hydroxylation is 1. The van der Waals surface area contributed by atoms with Crippen molar-refractivity contribution in [2.75, 3.05) is 19.6 Å². The van der Waals surface area contributed by atoms with E-state index in [0.717, 1.165) is 6.54 Å². The first-order valence-corrected chi connectivity index (χ1v) is 6.33. The summed E-state index contributed by atoms with van der Waals surface area (Å²) in [6.07, 6.45) is 1.75. The standard InChI is InChI=1S/C15H22N2O/c1-4-10-16-11-15(18)17(5-2)12-14-9-7-6-8-13(14)3/h4,6-9,16H,1,5,10-12H2,2-3H3. The highest BCUT2D eigenvalue weighted by atomic mass is 16.2. The number of rotatable bonds is 7. The second-order valence-corrected chi connectivity index (χ2v) is 4.25. The summed E-state index contributed by atoms with van der Waals surface area (Å²) in [5.41, 5.74) is 2.43. The molecule has 0 fully saturated rings. The lowest BCUT2D eigenvalue weighted by Crippen LogP contribution is -2.37. The fourth-order valence-corrected chi connectivity index (χ4v) is 1.76. The summed E-state index contributed by atoms with van der Waals surface area (Å²) in [6.45, 7) is 10.1. The van der Waals surface area contributed by atoms with E-state index in [2.05, 4.69) is 31.0 Å². The third-order valence-corrected chi connectivity index (χ3v) is 2.92. The molecule has 0 heterocycles. The average molecular weight is 246 g/mol. The lowest BCUT2D eigenvalue weighted by atomic mass is 10.1. The van der Waals surface area contributed by atoms with Gasteiger partial charge in [-0.15, -0.1) is 6.58 Å². The van der Waals surface area contributed by atoms with Gasteiger partial charge in [0.15, 0.2) is 0 Å². The summed E-state index contributed by atoms with van der Waals surface area (Å²) in [5.74, 6) is 0.127. The Morgan fingerprint density at radius 1 is 1.44 bits per heavy atom. The Morgan fingerprint density at radius 2 is 2.17 bits per heavy atom. The van der Waals surface area contributed by atoms with E-state index in [4.69, 9.17) is 0 Å². The van der Waals surface area contributed by atoms with Crippen LogP contribution in [0.5, 0.6) is 0 Å².